The monoisotopic (exact) mass is 287 g/mol. The average Bonchev–Trinajstić information content (AvgIpc) is 2.80. The van der Waals surface area contributed by atoms with Gasteiger partial charge in [-0.3, -0.25) is 0 Å². The Morgan fingerprint density at radius 3 is 2.61 bits per heavy atom. The van der Waals surface area contributed by atoms with Gasteiger partial charge in [0.25, 0.3) is 0 Å². The minimum absolute atomic E-state index is 0.00833. The van der Waals surface area contributed by atoms with E-state index in [1.54, 1.807) is 12.5 Å². The third kappa shape index (κ3) is 2.76. The normalized spacial score (nSPS) is 10.7. The van der Waals surface area contributed by atoms with Gasteiger partial charge in [0.1, 0.15) is 0 Å². The van der Waals surface area contributed by atoms with Crippen LogP contribution < -0.4 is 5.32 Å². The summed E-state index contributed by atoms with van der Waals surface area (Å²) < 4.78 is 15.3. The highest BCUT2D eigenvalue weighted by molar-refractivity contribution is 6.35. The number of nitrogens with zero attached hydrogens (tertiary/aromatic N) is 2. The minimum atomic E-state index is -0.595. The van der Waals surface area contributed by atoms with Crippen molar-refractivity contribution in [2.45, 2.75) is 20.0 Å². The maximum absolute atomic E-state index is 13.2. The molecule has 2 aromatic rings. The molecule has 0 fully saturated rings. The fourth-order valence-corrected chi connectivity index (χ4v) is 2.12. The molecule has 0 aliphatic heterocycles. The van der Waals surface area contributed by atoms with Crippen molar-refractivity contribution < 1.29 is 4.39 Å². The van der Waals surface area contributed by atoms with Gasteiger partial charge in [0, 0.05) is 18.4 Å². The van der Waals surface area contributed by atoms with Crippen molar-refractivity contribution in [2.75, 3.05) is 5.32 Å². The van der Waals surface area contributed by atoms with E-state index in [4.69, 9.17) is 23.2 Å². The van der Waals surface area contributed by atoms with Crippen LogP contribution in [-0.2, 0) is 13.1 Å². The number of aryl methyl sites for hydroxylation is 1. The Morgan fingerprint density at radius 2 is 2.00 bits per heavy atom. The lowest BCUT2D eigenvalue weighted by Crippen LogP contribution is -2.06. The summed E-state index contributed by atoms with van der Waals surface area (Å²) in [5.41, 5.74) is 1.71. The number of aromatic nitrogens is 2. The first-order valence-corrected chi connectivity index (χ1v) is 6.24. The van der Waals surface area contributed by atoms with E-state index in [0.29, 0.717) is 12.2 Å². The number of benzene rings is 1. The number of anilines is 1. The zero-order valence-electron chi connectivity index (χ0n) is 9.75. The van der Waals surface area contributed by atoms with Gasteiger partial charge in [0.2, 0.25) is 0 Å². The minimum Gasteiger partial charge on any atom is -0.379 e. The second-order valence-electron chi connectivity index (χ2n) is 3.78. The molecule has 96 valence electrons. The number of hydrogen-bond acceptors (Lipinski definition) is 2. The summed E-state index contributed by atoms with van der Waals surface area (Å²) in [7, 11) is 0. The third-order valence-corrected chi connectivity index (χ3v) is 3.15. The first-order chi connectivity index (χ1) is 8.61. The molecule has 0 radical (unpaired) electrons. The number of hydrogen-bond donors (Lipinski definition) is 1. The summed E-state index contributed by atoms with van der Waals surface area (Å²) in [4.78, 5) is 4.07. The molecule has 0 saturated carbocycles. The Bertz CT molecular complexity index is 531. The van der Waals surface area contributed by atoms with Crippen LogP contribution in [0.2, 0.25) is 10.0 Å². The lowest BCUT2D eigenvalue weighted by atomic mass is 10.3. The number of imidazole rings is 1. The molecule has 1 aromatic carbocycles. The van der Waals surface area contributed by atoms with Crippen LogP contribution in [0, 0.1) is 5.82 Å². The number of nitrogens with one attached hydrogen (secondary N) is 1. The Balaban J connectivity index is 2.11. The van der Waals surface area contributed by atoms with Crippen LogP contribution in [0.4, 0.5) is 10.1 Å². The van der Waals surface area contributed by atoms with Gasteiger partial charge in [-0.05, 0) is 19.1 Å². The fourth-order valence-electron chi connectivity index (χ4n) is 1.63. The van der Waals surface area contributed by atoms with E-state index in [1.807, 2.05) is 11.5 Å². The summed E-state index contributed by atoms with van der Waals surface area (Å²) in [6.07, 6.45) is 3.55. The quantitative estimate of drug-likeness (QED) is 0.863. The smallest absolute Gasteiger partial charge is 0.160 e. The fraction of sp³-hybridized carbons (Fsp3) is 0.250. The van der Waals surface area contributed by atoms with Crippen molar-refractivity contribution in [3.05, 3.63) is 46.2 Å². The largest absolute Gasteiger partial charge is 0.379 e. The molecular weight excluding hydrogens is 276 g/mol. The molecule has 0 aliphatic rings. The Kier molecular flexibility index (Phi) is 4.09. The van der Waals surface area contributed by atoms with Gasteiger partial charge in [-0.1, -0.05) is 23.2 Å². The number of rotatable bonds is 4. The molecule has 1 heterocycles. The van der Waals surface area contributed by atoms with Crippen LogP contribution >= 0.6 is 23.2 Å². The number of halogens is 3. The zero-order chi connectivity index (χ0) is 13.1. The predicted molar refractivity (Wildman–Crippen MR) is 71.6 cm³/mol. The van der Waals surface area contributed by atoms with E-state index in [9.17, 15) is 4.39 Å². The standard InChI is InChI=1S/C12H12Cl2FN3/c1-2-18-7-16-5-9(18)6-17-8-3-10(13)12(15)11(14)4-8/h3-5,7,17H,2,6H2,1H3. The first-order valence-electron chi connectivity index (χ1n) is 5.49. The topological polar surface area (TPSA) is 29.9 Å². The Morgan fingerprint density at radius 1 is 1.33 bits per heavy atom. The molecule has 6 heteroatoms. The van der Waals surface area contributed by atoms with Crippen LogP contribution in [0.3, 0.4) is 0 Å². The van der Waals surface area contributed by atoms with Gasteiger partial charge in [-0.2, -0.15) is 0 Å². The lowest BCUT2D eigenvalue weighted by Gasteiger charge is -2.09. The van der Waals surface area contributed by atoms with Crippen LogP contribution in [0.15, 0.2) is 24.7 Å². The van der Waals surface area contributed by atoms with Crippen LogP contribution in [-0.4, -0.2) is 9.55 Å². The molecule has 0 atom stereocenters. The van der Waals surface area contributed by atoms with Crippen molar-refractivity contribution in [2.24, 2.45) is 0 Å². The van der Waals surface area contributed by atoms with Crippen LogP contribution in [0.1, 0.15) is 12.6 Å². The Hall–Kier alpha value is -1.26. The maximum atomic E-state index is 13.2. The van der Waals surface area contributed by atoms with E-state index in [-0.39, 0.29) is 10.0 Å². The van der Waals surface area contributed by atoms with Gasteiger partial charge in [-0.25, -0.2) is 9.37 Å². The molecular formula is C12H12Cl2FN3. The van der Waals surface area contributed by atoms with E-state index in [0.717, 1.165) is 12.2 Å². The summed E-state index contributed by atoms with van der Waals surface area (Å²) in [6.45, 7) is 3.46. The zero-order valence-corrected chi connectivity index (χ0v) is 11.3. The van der Waals surface area contributed by atoms with Gasteiger partial charge in [0.05, 0.1) is 28.6 Å². The van der Waals surface area contributed by atoms with Crippen molar-refractivity contribution in [3.8, 4) is 0 Å². The molecule has 1 aromatic heterocycles. The molecule has 0 spiro atoms. The van der Waals surface area contributed by atoms with Crippen molar-refractivity contribution in [3.63, 3.8) is 0 Å². The molecule has 18 heavy (non-hydrogen) atoms. The van der Waals surface area contributed by atoms with Gasteiger partial charge in [0.15, 0.2) is 5.82 Å². The highest BCUT2D eigenvalue weighted by Crippen LogP contribution is 2.27. The van der Waals surface area contributed by atoms with E-state index in [2.05, 4.69) is 10.3 Å². The first kappa shape index (κ1) is 13.2. The highest BCUT2D eigenvalue weighted by Gasteiger charge is 2.08. The van der Waals surface area contributed by atoms with Crippen molar-refractivity contribution >= 4 is 28.9 Å². The molecule has 1 N–H and O–H groups in total. The van der Waals surface area contributed by atoms with E-state index >= 15 is 0 Å². The van der Waals surface area contributed by atoms with Crippen LogP contribution in [0.25, 0.3) is 0 Å². The van der Waals surface area contributed by atoms with Crippen molar-refractivity contribution in [1.82, 2.24) is 9.55 Å². The molecule has 0 unspecified atom stereocenters. The highest BCUT2D eigenvalue weighted by atomic mass is 35.5. The molecule has 0 saturated heterocycles. The molecule has 0 bridgehead atoms. The van der Waals surface area contributed by atoms with Gasteiger partial charge < -0.3 is 9.88 Å². The summed E-state index contributed by atoms with van der Waals surface area (Å²) in [6, 6.07) is 3.02. The van der Waals surface area contributed by atoms with Gasteiger partial charge in [-0.15, -0.1) is 0 Å². The molecule has 0 aliphatic carbocycles. The predicted octanol–water partition coefficient (Wildman–Crippen LogP) is 3.96. The molecule has 0 amide bonds. The van der Waals surface area contributed by atoms with Gasteiger partial charge >= 0.3 is 0 Å². The summed E-state index contributed by atoms with van der Waals surface area (Å²) >= 11 is 11.4. The van der Waals surface area contributed by atoms with Crippen LogP contribution in [0.5, 0.6) is 0 Å². The Labute approximate surface area is 115 Å². The summed E-state index contributed by atoms with van der Waals surface area (Å²) in [5.74, 6) is -0.595. The SMILES string of the molecule is CCn1cncc1CNc1cc(Cl)c(F)c(Cl)c1. The summed E-state index contributed by atoms with van der Waals surface area (Å²) in [5, 5.41) is 3.15. The second-order valence-corrected chi connectivity index (χ2v) is 4.59. The lowest BCUT2D eigenvalue weighted by molar-refractivity contribution is 0.629. The van der Waals surface area contributed by atoms with Crippen molar-refractivity contribution in [1.29, 1.82) is 0 Å². The average molecular weight is 288 g/mol. The van der Waals surface area contributed by atoms with E-state index in [1.165, 1.54) is 12.1 Å². The molecule has 2 rings (SSSR count). The van der Waals surface area contributed by atoms with E-state index < -0.39 is 5.82 Å². The third-order valence-electron chi connectivity index (χ3n) is 2.60. The second kappa shape index (κ2) is 5.59. The maximum Gasteiger partial charge on any atom is 0.160 e. The molecule has 3 nitrogen and oxygen atoms in total.